The number of carbonyl (C=O) groups excluding carboxylic acids is 2. The van der Waals surface area contributed by atoms with E-state index in [1.165, 1.54) is 11.0 Å². The summed E-state index contributed by atoms with van der Waals surface area (Å²) in [6.45, 7) is 1.42. The van der Waals surface area contributed by atoms with E-state index in [9.17, 15) is 18.0 Å². The summed E-state index contributed by atoms with van der Waals surface area (Å²) >= 11 is 12.4. The Morgan fingerprint density at radius 3 is 2.22 bits per heavy atom. The van der Waals surface area contributed by atoms with Gasteiger partial charge in [0.15, 0.2) is 0 Å². The van der Waals surface area contributed by atoms with Gasteiger partial charge in [0.05, 0.1) is 11.9 Å². The van der Waals surface area contributed by atoms with Crippen molar-refractivity contribution < 1.29 is 18.0 Å². The lowest BCUT2D eigenvalue weighted by Crippen LogP contribution is -2.54. The zero-order valence-corrected chi connectivity index (χ0v) is 25.6. The highest BCUT2D eigenvalue weighted by Crippen LogP contribution is 2.26. The van der Waals surface area contributed by atoms with E-state index in [0.717, 1.165) is 52.9 Å². The Kier molecular flexibility index (Phi) is 10.3. The summed E-state index contributed by atoms with van der Waals surface area (Å²) in [6.07, 6.45) is 5.20. The van der Waals surface area contributed by atoms with E-state index in [-0.39, 0.29) is 30.6 Å². The summed E-state index contributed by atoms with van der Waals surface area (Å²) in [5.74, 6) is -0.767. The van der Waals surface area contributed by atoms with E-state index in [0.29, 0.717) is 10.0 Å². The number of amides is 2. The Morgan fingerprint density at radius 2 is 1.61 bits per heavy atom. The molecule has 3 aromatic rings. The lowest BCUT2D eigenvalue weighted by molar-refractivity contribution is -0.140. The summed E-state index contributed by atoms with van der Waals surface area (Å²) in [6, 6.07) is 20.6. The van der Waals surface area contributed by atoms with E-state index >= 15 is 0 Å². The second kappa shape index (κ2) is 13.7. The molecule has 1 unspecified atom stereocenters. The maximum Gasteiger partial charge on any atom is 0.244 e. The molecule has 41 heavy (non-hydrogen) atoms. The monoisotopic (exact) mass is 615 g/mol. The summed E-state index contributed by atoms with van der Waals surface area (Å²) in [7, 11) is -3.87. The van der Waals surface area contributed by atoms with Crippen LogP contribution in [0.3, 0.4) is 0 Å². The third-order valence-corrected chi connectivity index (χ3v) is 9.16. The second-order valence-electron chi connectivity index (χ2n) is 10.5. The third kappa shape index (κ3) is 8.47. The van der Waals surface area contributed by atoms with Gasteiger partial charge in [-0.2, -0.15) is 0 Å². The van der Waals surface area contributed by atoms with Crippen LogP contribution in [0.2, 0.25) is 10.0 Å². The number of nitrogens with one attached hydrogen (secondary N) is 1. The van der Waals surface area contributed by atoms with Crippen LogP contribution in [-0.4, -0.2) is 50.0 Å². The number of nitrogens with zero attached hydrogens (tertiary/aromatic N) is 2. The van der Waals surface area contributed by atoms with Crippen LogP contribution in [0.4, 0.5) is 5.69 Å². The fourth-order valence-electron chi connectivity index (χ4n) is 5.06. The lowest BCUT2D eigenvalue weighted by atomic mass is 10.0. The summed E-state index contributed by atoms with van der Waals surface area (Å²) < 4.78 is 26.9. The fraction of sp³-hybridized carbons (Fsp3) is 0.355. The average Bonchev–Trinajstić information content (AvgIpc) is 3.45. The Bertz CT molecular complexity index is 1460. The molecule has 7 nitrogen and oxygen atoms in total. The molecule has 1 aliphatic carbocycles. The van der Waals surface area contributed by atoms with Gasteiger partial charge in [-0.25, -0.2) is 8.42 Å². The third-order valence-electron chi connectivity index (χ3n) is 7.36. The number of anilines is 1. The first-order valence-corrected chi connectivity index (χ1v) is 16.2. The van der Waals surface area contributed by atoms with Crippen molar-refractivity contribution in [3.8, 4) is 0 Å². The van der Waals surface area contributed by atoms with Crippen LogP contribution in [0, 0.1) is 6.92 Å². The predicted octanol–water partition coefficient (Wildman–Crippen LogP) is 5.77. The van der Waals surface area contributed by atoms with Crippen LogP contribution >= 0.6 is 23.2 Å². The number of halogens is 2. The first kappa shape index (κ1) is 30.9. The number of sulfonamides is 1. The SMILES string of the molecule is Cc1ccc(N(CC(=O)N(Cc2ccc(Cl)cc2)C(Cc2ccccc2)C(=O)NC2CCCC2)S(C)(=O)=O)cc1Cl. The standard InChI is InChI=1S/C31H35Cl2N3O4S/c1-22-12-17-27(19-28(22)33)36(41(2,39)40)21-30(37)35(20-24-13-15-25(32)16-14-24)29(18-23-8-4-3-5-9-23)31(38)34-26-10-6-7-11-26/h3-5,8-9,12-17,19,26,29H,6-7,10-11,18,20-21H2,1-2H3,(H,34,38). The first-order chi connectivity index (χ1) is 19.5. The average molecular weight is 617 g/mol. The normalized spacial score (nSPS) is 14.4. The molecule has 1 N–H and O–H groups in total. The highest BCUT2D eigenvalue weighted by Gasteiger charge is 2.34. The number of benzene rings is 3. The van der Waals surface area contributed by atoms with Gasteiger partial charge in [-0.1, -0.05) is 84.6 Å². The van der Waals surface area contributed by atoms with Crippen LogP contribution in [0.5, 0.6) is 0 Å². The highest BCUT2D eigenvalue weighted by atomic mass is 35.5. The van der Waals surface area contributed by atoms with Crippen LogP contribution in [-0.2, 0) is 32.6 Å². The molecular formula is C31H35Cl2N3O4S. The Morgan fingerprint density at radius 1 is 0.951 bits per heavy atom. The van der Waals surface area contributed by atoms with E-state index < -0.39 is 28.5 Å². The Hall–Kier alpha value is -3.07. The van der Waals surface area contributed by atoms with Gasteiger partial charge < -0.3 is 10.2 Å². The Labute approximate surface area is 252 Å². The van der Waals surface area contributed by atoms with Crippen molar-refractivity contribution >= 4 is 50.7 Å². The molecule has 1 atom stereocenters. The molecule has 4 rings (SSSR count). The van der Waals surface area contributed by atoms with Crippen molar-refractivity contribution in [2.75, 3.05) is 17.1 Å². The molecule has 1 fully saturated rings. The largest absolute Gasteiger partial charge is 0.352 e. The number of aryl methyl sites for hydroxylation is 1. The molecule has 0 spiro atoms. The van der Waals surface area contributed by atoms with Crippen molar-refractivity contribution in [1.82, 2.24) is 10.2 Å². The number of carbonyl (C=O) groups is 2. The minimum Gasteiger partial charge on any atom is -0.352 e. The zero-order chi connectivity index (χ0) is 29.6. The molecule has 0 aliphatic heterocycles. The maximum absolute atomic E-state index is 14.2. The van der Waals surface area contributed by atoms with E-state index in [1.54, 1.807) is 36.4 Å². The molecule has 0 aromatic heterocycles. The molecule has 1 aliphatic rings. The molecule has 3 aromatic carbocycles. The van der Waals surface area contributed by atoms with Gasteiger partial charge in [0.25, 0.3) is 0 Å². The predicted molar refractivity (Wildman–Crippen MR) is 165 cm³/mol. The number of hydrogen-bond acceptors (Lipinski definition) is 4. The van der Waals surface area contributed by atoms with E-state index in [1.807, 2.05) is 37.3 Å². The Balaban J connectivity index is 1.72. The second-order valence-corrected chi connectivity index (χ2v) is 13.3. The minimum atomic E-state index is -3.87. The van der Waals surface area contributed by atoms with Crippen molar-refractivity contribution in [3.63, 3.8) is 0 Å². The van der Waals surface area contributed by atoms with Gasteiger partial charge in [0.1, 0.15) is 12.6 Å². The van der Waals surface area contributed by atoms with Gasteiger partial charge >= 0.3 is 0 Å². The molecular weight excluding hydrogens is 581 g/mol. The molecule has 10 heteroatoms. The van der Waals surface area contributed by atoms with Crippen molar-refractivity contribution in [2.24, 2.45) is 0 Å². The van der Waals surface area contributed by atoms with Gasteiger partial charge in [0, 0.05) is 29.1 Å². The van der Waals surface area contributed by atoms with Gasteiger partial charge in [-0.3, -0.25) is 13.9 Å². The lowest BCUT2D eigenvalue weighted by Gasteiger charge is -2.34. The summed E-state index contributed by atoms with van der Waals surface area (Å²) in [5, 5.41) is 4.09. The highest BCUT2D eigenvalue weighted by molar-refractivity contribution is 7.92. The van der Waals surface area contributed by atoms with Gasteiger partial charge in [0.2, 0.25) is 21.8 Å². The van der Waals surface area contributed by atoms with Crippen molar-refractivity contribution in [1.29, 1.82) is 0 Å². The first-order valence-electron chi connectivity index (χ1n) is 13.6. The number of hydrogen-bond donors (Lipinski definition) is 1. The minimum absolute atomic E-state index is 0.0514. The molecule has 0 saturated heterocycles. The molecule has 1 saturated carbocycles. The summed E-state index contributed by atoms with van der Waals surface area (Å²) in [4.78, 5) is 29.5. The van der Waals surface area contributed by atoms with Crippen LogP contribution in [0.15, 0.2) is 72.8 Å². The smallest absolute Gasteiger partial charge is 0.244 e. The topological polar surface area (TPSA) is 86.8 Å². The maximum atomic E-state index is 14.2. The molecule has 218 valence electrons. The van der Waals surface area contributed by atoms with Crippen LogP contribution < -0.4 is 9.62 Å². The fourth-order valence-corrected chi connectivity index (χ4v) is 6.20. The molecule has 2 amide bonds. The molecule has 0 heterocycles. The van der Waals surface area contributed by atoms with Gasteiger partial charge in [-0.05, 0) is 60.7 Å². The van der Waals surface area contributed by atoms with E-state index in [4.69, 9.17) is 23.2 Å². The molecule has 0 bridgehead atoms. The van der Waals surface area contributed by atoms with Crippen molar-refractivity contribution in [3.05, 3.63) is 99.5 Å². The quantitative estimate of drug-likeness (QED) is 0.297. The van der Waals surface area contributed by atoms with Crippen molar-refractivity contribution in [2.45, 2.75) is 57.7 Å². The zero-order valence-electron chi connectivity index (χ0n) is 23.2. The molecule has 0 radical (unpaired) electrons. The van der Waals surface area contributed by atoms with Gasteiger partial charge in [-0.15, -0.1) is 0 Å². The van der Waals surface area contributed by atoms with Crippen LogP contribution in [0.1, 0.15) is 42.4 Å². The van der Waals surface area contributed by atoms with Crippen LogP contribution in [0.25, 0.3) is 0 Å². The summed E-state index contributed by atoms with van der Waals surface area (Å²) in [5.41, 5.74) is 2.71. The number of rotatable bonds is 11. The van der Waals surface area contributed by atoms with E-state index in [2.05, 4.69) is 5.32 Å².